The number of nitrogens with zero attached hydrogens (tertiary/aromatic N) is 4. The minimum absolute atomic E-state index is 0.00317. The van der Waals surface area contributed by atoms with E-state index in [0.29, 0.717) is 51.8 Å². The van der Waals surface area contributed by atoms with Gasteiger partial charge in [0.2, 0.25) is 0 Å². The molecule has 2 aliphatic rings. The van der Waals surface area contributed by atoms with Gasteiger partial charge in [0, 0.05) is 31.0 Å². The van der Waals surface area contributed by atoms with Gasteiger partial charge in [0.1, 0.15) is 41.5 Å². The molecule has 2 fully saturated rings. The zero-order valence-corrected chi connectivity index (χ0v) is 25.5. The van der Waals surface area contributed by atoms with Crippen LogP contribution < -0.4 is 14.8 Å². The third-order valence-electron chi connectivity index (χ3n) is 9.21. The third-order valence-corrected chi connectivity index (χ3v) is 9.21. The number of hydrogen-bond acceptors (Lipinski definition) is 9. The topological polar surface area (TPSA) is 98.7 Å². The lowest BCUT2D eigenvalue weighted by Crippen LogP contribution is -2.54. The van der Waals surface area contributed by atoms with Crippen molar-refractivity contribution < 1.29 is 27.8 Å². The van der Waals surface area contributed by atoms with Crippen LogP contribution in [0.5, 0.6) is 11.8 Å². The summed E-state index contributed by atoms with van der Waals surface area (Å²) in [6.07, 6.45) is 7.49. The van der Waals surface area contributed by atoms with Crippen molar-refractivity contribution in [2.45, 2.75) is 51.0 Å². The average molecular weight is 606 g/mol. The normalized spacial score (nSPS) is 16.6. The molecule has 0 spiro atoms. The highest BCUT2D eigenvalue weighted by atomic mass is 19.1. The Hall–Kier alpha value is -3.96. The number of aryl methyl sites for hydroxylation is 1. The van der Waals surface area contributed by atoms with Crippen LogP contribution in [0.4, 0.5) is 14.6 Å². The van der Waals surface area contributed by atoms with Gasteiger partial charge in [-0.3, -0.25) is 4.98 Å². The molecular formula is C33H37F2N5O4. The zero-order chi connectivity index (χ0) is 31.1. The van der Waals surface area contributed by atoms with Crippen LogP contribution in [-0.2, 0) is 16.0 Å². The summed E-state index contributed by atoms with van der Waals surface area (Å²) < 4.78 is 48.5. The summed E-state index contributed by atoms with van der Waals surface area (Å²) in [5.74, 6) is -0.255. The van der Waals surface area contributed by atoms with E-state index in [9.17, 15) is 4.79 Å². The van der Waals surface area contributed by atoms with Gasteiger partial charge in [-0.25, -0.2) is 8.78 Å². The van der Waals surface area contributed by atoms with E-state index in [1.165, 1.54) is 19.4 Å². The summed E-state index contributed by atoms with van der Waals surface area (Å²) in [5.41, 5.74) is 0.246. The number of ether oxygens (including phenoxy) is 3. The van der Waals surface area contributed by atoms with Crippen molar-refractivity contribution in [1.82, 2.24) is 19.9 Å². The third kappa shape index (κ3) is 5.43. The molecular weight excluding hydrogens is 568 g/mol. The van der Waals surface area contributed by atoms with E-state index in [0.717, 1.165) is 38.4 Å². The van der Waals surface area contributed by atoms with E-state index in [1.807, 2.05) is 6.92 Å². The van der Waals surface area contributed by atoms with Crippen molar-refractivity contribution in [3.63, 3.8) is 0 Å². The maximum atomic E-state index is 16.7. The fraction of sp³-hybridized carbons (Fsp3) is 0.455. The predicted molar refractivity (Wildman–Crippen MR) is 164 cm³/mol. The first-order chi connectivity index (χ1) is 21.2. The molecule has 2 aliphatic carbocycles. The number of carbonyl (C=O) groups excluding carboxylic acids is 1. The summed E-state index contributed by atoms with van der Waals surface area (Å²) in [6, 6.07) is 6.43. The summed E-state index contributed by atoms with van der Waals surface area (Å²) >= 11 is 0. The highest BCUT2D eigenvalue weighted by Gasteiger charge is 2.44. The zero-order valence-electron chi connectivity index (χ0n) is 25.5. The molecule has 0 amide bonds. The van der Waals surface area contributed by atoms with Crippen LogP contribution in [0.3, 0.4) is 0 Å². The second-order valence-corrected chi connectivity index (χ2v) is 12.1. The molecule has 0 aliphatic heterocycles. The summed E-state index contributed by atoms with van der Waals surface area (Å²) in [6.45, 7) is 2.55. The molecule has 11 heteroatoms. The minimum Gasteiger partial charge on any atom is -0.468 e. The Labute approximate surface area is 254 Å². The number of methoxy groups -OCH3 is 1. The predicted octanol–water partition coefficient (Wildman–Crippen LogP) is 5.92. The first-order valence-electron chi connectivity index (χ1n) is 15.0. The van der Waals surface area contributed by atoms with Crippen molar-refractivity contribution in [3.8, 4) is 23.0 Å². The van der Waals surface area contributed by atoms with E-state index < -0.39 is 11.2 Å². The van der Waals surface area contributed by atoms with Gasteiger partial charge in [-0.05, 0) is 87.2 Å². The first-order valence-corrected chi connectivity index (χ1v) is 15.0. The first kappa shape index (κ1) is 30.1. The fourth-order valence-electron chi connectivity index (χ4n) is 5.93. The Morgan fingerprint density at radius 1 is 1.09 bits per heavy atom. The Bertz CT molecular complexity index is 1720. The molecule has 2 heterocycles. The molecule has 0 radical (unpaired) electrons. The Morgan fingerprint density at radius 2 is 1.89 bits per heavy atom. The second-order valence-electron chi connectivity index (χ2n) is 12.1. The number of nitrogens with one attached hydrogen (secondary N) is 1. The lowest BCUT2D eigenvalue weighted by molar-refractivity contribution is -0.113. The Balaban J connectivity index is 1.50. The lowest BCUT2D eigenvalue weighted by Gasteiger charge is -2.47. The number of rotatable bonds is 13. The van der Waals surface area contributed by atoms with Crippen LogP contribution in [0.25, 0.3) is 32.9 Å². The Kier molecular flexibility index (Phi) is 8.10. The number of benzene rings is 2. The number of carbonyl (C=O) groups is 1. The van der Waals surface area contributed by atoms with Gasteiger partial charge >= 0.3 is 6.01 Å². The average Bonchev–Trinajstić information content (AvgIpc) is 3.79. The van der Waals surface area contributed by atoms with Gasteiger partial charge in [-0.2, -0.15) is 9.97 Å². The molecule has 4 aromatic rings. The maximum Gasteiger partial charge on any atom is 0.319 e. The van der Waals surface area contributed by atoms with Gasteiger partial charge in [0.15, 0.2) is 12.6 Å². The van der Waals surface area contributed by atoms with Crippen LogP contribution in [0.1, 0.15) is 44.6 Å². The van der Waals surface area contributed by atoms with Crippen LogP contribution in [0.2, 0.25) is 0 Å². The SMILES string of the molecule is CCc1c(F)ccc2cc(OCOC)cc(-c3ncc4c(NCC5(N(C)C)CCC5)nc(OCC5(C=O)CC5)nc4c3F)c12. The molecule has 2 aromatic carbocycles. The van der Waals surface area contributed by atoms with Gasteiger partial charge in [0.05, 0.1) is 10.8 Å². The fourth-order valence-corrected chi connectivity index (χ4v) is 5.93. The smallest absolute Gasteiger partial charge is 0.319 e. The molecule has 0 unspecified atom stereocenters. The van der Waals surface area contributed by atoms with E-state index in [-0.39, 0.29) is 42.0 Å². The van der Waals surface area contributed by atoms with Crippen molar-refractivity contribution in [2.75, 3.05) is 46.5 Å². The van der Waals surface area contributed by atoms with Gasteiger partial charge in [-0.1, -0.05) is 13.0 Å². The number of hydrogen-bond donors (Lipinski definition) is 1. The molecule has 2 aromatic heterocycles. The van der Waals surface area contributed by atoms with Crippen molar-refractivity contribution >= 4 is 33.8 Å². The number of fused-ring (bicyclic) bond motifs is 2. The van der Waals surface area contributed by atoms with Crippen LogP contribution in [0, 0.1) is 17.0 Å². The summed E-state index contributed by atoms with van der Waals surface area (Å²) in [5, 5.41) is 5.04. The van der Waals surface area contributed by atoms with Gasteiger partial charge in [-0.15, -0.1) is 0 Å². The molecule has 6 rings (SSSR count). The molecule has 2 saturated carbocycles. The summed E-state index contributed by atoms with van der Waals surface area (Å²) in [4.78, 5) is 27.4. The van der Waals surface area contributed by atoms with Crippen LogP contribution in [-0.4, -0.2) is 72.8 Å². The lowest BCUT2D eigenvalue weighted by atomic mass is 9.75. The Morgan fingerprint density at radius 3 is 2.52 bits per heavy atom. The van der Waals surface area contributed by atoms with Crippen molar-refractivity contribution in [1.29, 1.82) is 0 Å². The highest BCUT2D eigenvalue weighted by molar-refractivity contribution is 6.01. The van der Waals surface area contributed by atoms with Crippen molar-refractivity contribution in [3.05, 3.63) is 47.7 Å². The highest BCUT2D eigenvalue weighted by Crippen LogP contribution is 2.44. The quantitative estimate of drug-likeness (QED) is 0.147. The van der Waals surface area contributed by atoms with Gasteiger partial charge in [0.25, 0.3) is 0 Å². The number of anilines is 1. The molecule has 232 valence electrons. The number of halogens is 2. The van der Waals surface area contributed by atoms with Gasteiger partial charge < -0.3 is 29.2 Å². The summed E-state index contributed by atoms with van der Waals surface area (Å²) in [7, 11) is 5.61. The van der Waals surface area contributed by atoms with E-state index in [1.54, 1.807) is 18.2 Å². The molecule has 0 saturated heterocycles. The van der Waals surface area contributed by atoms with Crippen LogP contribution >= 0.6 is 0 Å². The number of likely N-dealkylation sites (N-methyl/N-ethyl adjacent to an activating group) is 1. The molecule has 0 atom stereocenters. The molecule has 44 heavy (non-hydrogen) atoms. The monoisotopic (exact) mass is 605 g/mol. The number of pyridine rings is 1. The number of aldehydes is 1. The van der Waals surface area contributed by atoms with E-state index in [4.69, 9.17) is 14.2 Å². The standard InChI is InChI=1S/C33H37F2N5O4/c1-5-22-25(34)8-7-20-13-21(44-19-42-4)14-23(26(20)22)28-27(35)29-24(15-36-28)30(37-16-33(40(2)3)9-6-10-33)39-31(38-29)43-18-32(17-41)11-12-32/h7-8,13-15,17H,5-6,9-12,16,18-19H2,1-4H3,(H,37,38,39). The van der Waals surface area contributed by atoms with Crippen LogP contribution in [0.15, 0.2) is 30.5 Å². The number of aromatic nitrogens is 3. The molecule has 9 nitrogen and oxygen atoms in total. The minimum atomic E-state index is -0.697. The van der Waals surface area contributed by atoms with E-state index >= 15 is 8.78 Å². The maximum absolute atomic E-state index is 16.7. The molecule has 0 bridgehead atoms. The molecule has 1 N–H and O–H groups in total. The largest absolute Gasteiger partial charge is 0.468 e. The van der Waals surface area contributed by atoms with E-state index in [2.05, 4.69) is 39.3 Å². The second kappa shape index (κ2) is 11.9. The van der Waals surface area contributed by atoms with Crippen molar-refractivity contribution in [2.24, 2.45) is 5.41 Å².